The summed E-state index contributed by atoms with van der Waals surface area (Å²) >= 11 is 0. The molecule has 2 atom stereocenters. The lowest BCUT2D eigenvalue weighted by Gasteiger charge is -2.26. The molecule has 0 saturated carbocycles. The van der Waals surface area contributed by atoms with Gasteiger partial charge in [-0.1, -0.05) is 307 Å². The second kappa shape index (κ2) is 70.8. The molecule has 0 amide bonds. The molecule has 0 N–H and O–H groups in total. The number of nitrogens with zero attached hydrogens (tertiary/aromatic N) is 1. The molecule has 0 saturated heterocycles. The number of hydrogen-bond acceptors (Lipinski definition) is 8. The highest BCUT2D eigenvalue weighted by Gasteiger charge is 2.22. The van der Waals surface area contributed by atoms with E-state index in [0.717, 1.165) is 122 Å². The van der Waals surface area contributed by atoms with Crippen LogP contribution in [0, 0.1) is 0 Å². The lowest BCUT2D eigenvalue weighted by molar-refractivity contribution is -0.870. The van der Waals surface area contributed by atoms with E-state index in [1.807, 2.05) is 21.1 Å². The minimum absolute atomic E-state index is 0.134. The van der Waals surface area contributed by atoms with E-state index in [1.165, 1.54) is 128 Å². The molecule has 0 aliphatic carbocycles. The topological polar surface area (TPSA) is 111 Å². The van der Waals surface area contributed by atoms with E-state index in [1.54, 1.807) is 0 Å². The number of rotatable bonds is 66. The zero-order chi connectivity index (χ0) is 66.1. The Bertz CT molecular complexity index is 2060. The quantitative estimate of drug-likeness (QED) is 0.0195. The Morgan fingerprint density at radius 2 is 0.593 bits per heavy atom. The number of aliphatic carboxylic acids is 1. The minimum atomic E-state index is -1.64. The Balaban J connectivity index is 4.16. The molecular weight excluding hydrogens is 1130 g/mol. The van der Waals surface area contributed by atoms with E-state index in [9.17, 15) is 19.5 Å². The third kappa shape index (κ3) is 72.2. The van der Waals surface area contributed by atoms with Gasteiger partial charge in [0.1, 0.15) is 13.2 Å². The van der Waals surface area contributed by atoms with Crippen molar-refractivity contribution in [1.29, 1.82) is 0 Å². The van der Waals surface area contributed by atoms with Crippen LogP contribution in [0.4, 0.5) is 0 Å². The number of quaternary nitrogens is 1. The molecule has 2 unspecified atom stereocenters. The van der Waals surface area contributed by atoms with Crippen molar-refractivity contribution >= 4 is 17.9 Å². The maximum atomic E-state index is 12.9. The average molecular weight is 1260 g/mol. The number of carbonyl (C=O) groups excluding carboxylic acids is 3. The second-order valence-electron chi connectivity index (χ2n) is 25.1. The molecular formula is C82H135NO8. The standard InChI is InChI=1S/C82H135NO8/c1-6-8-10-12-14-16-18-20-22-24-26-28-30-32-34-36-38-39-40-41-43-44-46-48-50-52-54-56-58-60-62-64-66-68-70-72-79(84)89-76-78(77-90-82(81(86)87)88-75-74-83(3,4)5)91-80(85)73-71-69-67-65-63-61-59-57-55-53-51-49-47-45-42-37-35-33-31-29-27-25-23-21-19-17-15-13-11-9-7-2/h8-11,14-17,20-23,26-29,33,35,42,45,49,51,55,57,61,63,78,82H,6-7,12-13,18-19,24-25,30-32,34,36-41,43-44,46-48,50,52-54,56,58-60,62,64-77H2,1-5H3/b10-8-,11-9-,16-14-,17-15-,22-20-,23-21-,28-26-,29-27-,35-33-,45-42-,51-49-,57-55-,63-61-. The Hall–Kier alpha value is -5.09. The van der Waals surface area contributed by atoms with Crippen LogP contribution in [0.25, 0.3) is 0 Å². The highest BCUT2D eigenvalue weighted by Crippen LogP contribution is 2.17. The number of carboxylic acid groups (broad SMARTS) is 1. The van der Waals surface area contributed by atoms with Crippen LogP contribution in [0.1, 0.15) is 284 Å². The Labute approximate surface area is 559 Å². The first-order valence-corrected chi connectivity index (χ1v) is 36.6. The predicted molar refractivity (Wildman–Crippen MR) is 389 cm³/mol. The van der Waals surface area contributed by atoms with E-state index in [-0.39, 0.29) is 38.6 Å². The van der Waals surface area contributed by atoms with Crippen LogP contribution in [-0.4, -0.2) is 82.3 Å². The fourth-order valence-corrected chi connectivity index (χ4v) is 9.76. The van der Waals surface area contributed by atoms with Crippen LogP contribution in [0.5, 0.6) is 0 Å². The number of hydrogen-bond donors (Lipinski definition) is 0. The van der Waals surface area contributed by atoms with Crippen LogP contribution >= 0.6 is 0 Å². The average Bonchev–Trinajstić information content (AvgIpc) is 3.65. The molecule has 0 heterocycles. The number of ether oxygens (including phenoxy) is 4. The highest BCUT2D eigenvalue weighted by molar-refractivity contribution is 5.70. The monoisotopic (exact) mass is 1260 g/mol. The van der Waals surface area contributed by atoms with Crippen molar-refractivity contribution in [1.82, 2.24) is 0 Å². The van der Waals surface area contributed by atoms with Crippen molar-refractivity contribution in [2.75, 3.05) is 47.5 Å². The van der Waals surface area contributed by atoms with E-state index >= 15 is 0 Å². The Morgan fingerprint density at radius 1 is 0.330 bits per heavy atom. The van der Waals surface area contributed by atoms with Gasteiger partial charge in [-0.15, -0.1) is 0 Å². The van der Waals surface area contributed by atoms with E-state index < -0.39 is 24.3 Å². The van der Waals surface area contributed by atoms with Crippen molar-refractivity contribution < 1.29 is 42.9 Å². The number of carbonyl (C=O) groups is 3. The van der Waals surface area contributed by atoms with Gasteiger partial charge in [0.05, 0.1) is 40.3 Å². The Kier molecular flexibility index (Phi) is 66.8. The van der Waals surface area contributed by atoms with Gasteiger partial charge in [-0.25, -0.2) is 0 Å². The summed E-state index contributed by atoms with van der Waals surface area (Å²) in [5, 5.41) is 11.8. The third-order valence-corrected chi connectivity index (χ3v) is 15.3. The molecule has 9 heteroatoms. The molecule has 0 aromatic rings. The Morgan fingerprint density at radius 3 is 0.890 bits per heavy atom. The molecule has 91 heavy (non-hydrogen) atoms. The number of allylic oxidation sites excluding steroid dienone is 26. The van der Waals surface area contributed by atoms with Crippen molar-refractivity contribution in [3.05, 3.63) is 158 Å². The van der Waals surface area contributed by atoms with E-state index in [4.69, 9.17) is 18.9 Å². The molecule has 0 rings (SSSR count). The molecule has 0 fully saturated rings. The number of likely N-dealkylation sites (N-methyl/N-ethyl adjacent to an activating group) is 1. The van der Waals surface area contributed by atoms with Crippen LogP contribution in [0.3, 0.4) is 0 Å². The van der Waals surface area contributed by atoms with Gasteiger partial charge < -0.3 is 33.3 Å². The van der Waals surface area contributed by atoms with Crippen LogP contribution in [0.15, 0.2) is 158 Å². The maximum absolute atomic E-state index is 12.9. The molecule has 0 radical (unpaired) electrons. The first-order valence-electron chi connectivity index (χ1n) is 36.6. The van der Waals surface area contributed by atoms with Gasteiger partial charge in [0.2, 0.25) is 0 Å². The van der Waals surface area contributed by atoms with Gasteiger partial charge in [-0.2, -0.15) is 0 Å². The summed E-state index contributed by atoms with van der Waals surface area (Å²) in [4.78, 5) is 37.5. The molecule has 0 bridgehead atoms. The highest BCUT2D eigenvalue weighted by atomic mass is 16.7. The van der Waals surface area contributed by atoms with Gasteiger partial charge in [-0.05, 0) is 122 Å². The summed E-state index contributed by atoms with van der Waals surface area (Å²) in [6.45, 7) is 4.49. The van der Waals surface area contributed by atoms with Gasteiger partial charge in [-0.3, -0.25) is 9.59 Å². The van der Waals surface area contributed by atoms with Crippen molar-refractivity contribution in [3.8, 4) is 0 Å². The zero-order valence-electron chi connectivity index (χ0n) is 58.9. The lowest BCUT2D eigenvalue weighted by Crippen LogP contribution is -2.44. The summed E-state index contributed by atoms with van der Waals surface area (Å²) in [5.41, 5.74) is 0. The SMILES string of the molecule is CC/C=C\C/C=C\C/C=C\C/C=C\C/C=C\C/C=C\C/C=C\C/C=C\C/C=C\CCCCCC(=O)OC(COC(=O)CCCCCCCCCCCCCCCCCCCCCCCC/C=C\C/C=C\C/C=C\C/C=C\CC)COC(OCC[N+](C)(C)C)C(=O)[O-]. The van der Waals surface area contributed by atoms with Gasteiger partial charge in [0.15, 0.2) is 12.4 Å². The second-order valence-corrected chi connectivity index (χ2v) is 25.1. The maximum Gasteiger partial charge on any atom is 0.306 e. The normalized spacial score (nSPS) is 13.6. The van der Waals surface area contributed by atoms with Gasteiger partial charge >= 0.3 is 11.9 Å². The molecule has 0 aliphatic heterocycles. The summed E-state index contributed by atoms with van der Waals surface area (Å²) < 4.78 is 22.8. The summed E-state index contributed by atoms with van der Waals surface area (Å²) in [6.07, 6.45) is 102. The largest absolute Gasteiger partial charge is 0.545 e. The van der Waals surface area contributed by atoms with Crippen molar-refractivity contribution in [2.24, 2.45) is 0 Å². The van der Waals surface area contributed by atoms with Crippen LogP contribution < -0.4 is 5.11 Å². The van der Waals surface area contributed by atoms with Crippen LogP contribution in [0.2, 0.25) is 0 Å². The molecule has 9 nitrogen and oxygen atoms in total. The summed E-state index contributed by atoms with van der Waals surface area (Å²) in [5.74, 6) is -2.33. The fourth-order valence-electron chi connectivity index (χ4n) is 9.76. The summed E-state index contributed by atoms with van der Waals surface area (Å²) in [7, 11) is 5.91. The predicted octanol–water partition coefficient (Wildman–Crippen LogP) is 21.9. The first-order chi connectivity index (χ1) is 44.6. The fraction of sp³-hybridized carbons (Fsp3) is 0.646. The number of carboxylic acids is 1. The smallest absolute Gasteiger partial charge is 0.306 e. The van der Waals surface area contributed by atoms with Crippen molar-refractivity contribution in [3.63, 3.8) is 0 Å². The number of unbranched alkanes of at least 4 members (excludes halogenated alkanes) is 25. The molecule has 0 aromatic heterocycles. The van der Waals surface area contributed by atoms with Gasteiger partial charge in [0, 0.05) is 12.8 Å². The molecule has 0 spiro atoms. The number of esters is 2. The third-order valence-electron chi connectivity index (χ3n) is 15.3. The summed E-state index contributed by atoms with van der Waals surface area (Å²) in [6, 6.07) is 0. The molecule has 0 aromatic carbocycles. The zero-order valence-corrected chi connectivity index (χ0v) is 58.9. The molecule has 0 aliphatic rings. The first kappa shape index (κ1) is 85.9. The minimum Gasteiger partial charge on any atom is -0.545 e. The van der Waals surface area contributed by atoms with Crippen molar-refractivity contribution in [2.45, 2.75) is 296 Å². The molecule has 516 valence electrons. The van der Waals surface area contributed by atoms with Crippen LogP contribution in [-0.2, 0) is 33.3 Å². The van der Waals surface area contributed by atoms with E-state index in [2.05, 4.69) is 172 Å². The van der Waals surface area contributed by atoms with E-state index in [0.29, 0.717) is 17.4 Å². The lowest BCUT2D eigenvalue weighted by atomic mass is 10.0. The van der Waals surface area contributed by atoms with Gasteiger partial charge in [0.25, 0.3) is 0 Å².